The largest absolute Gasteiger partial charge is 0.353 e. The van der Waals surface area contributed by atoms with Gasteiger partial charge in [-0.25, -0.2) is 0 Å². The van der Waals surface area contributed by atoms with Crippen molar-refractivity contribution >= 4 is 0 Å². The first-order chi connectivity index (χ1) is 6.77. The zero-order valence-corrected chi connectivity index (χ0v) is 9.42. The third kappa shape index (κ3) is 2.12. The second-order valence-electron chi connectivity index (χ2n) is 4.79. The van der Waals surface area contributed by atoms with E-state index in [4.69, 9.17) is 9.47 Å². The Morgan fingerprint density at radius 2 is 2.21 bits per heavy atom. The highest BCUT2D eigenvalue weighted by molar-refractivity contribution is 4.96. The molecule has 0 aromatic rings. The molecular formula is C12H22O2. The van der Waals surface area contributed by atoms with Crippen LogP contribution in [0.4, 0.5) is 0 Å². The fraction of sp³-hybridized carbons (Fsp3) is 1.00. The van der Waals surface area contributed by atoms with Gasteiger partial charge >= 0.3 is 0 Å². The summed E-state index contributed by atoms with van der Waals surface area (Å²) in [7, 11) is 0. The minimum absolute atomic E-state index is 0.0859. The van der Waals surface area contributed by atoms with Crippen molar-refractivity contribution in [1.29, 1.82) is 0 Å². The molecule has 1 aliphatic carbocycles. The van der Waals surface area contributed by atoms with Crippen molar-refractivity contribution in [3.63, 3.8) is 0 Å². The standard InChI is InChI=1S/C12H22O2/c1-3-12(7-8-12)10(2)14-11-6-4-5-9-13-11/h10-11H,3-9H2,1-2H3/t10-,11?/m1/s1. The Hall–Kier alpha value is -0.0800. The summed E-state index contributed by atoms with van der Waals surface area (Å²) < 4.78 is 11.6. The zero-order valence-electron chi connectivity index (χ0n) is 9.42. The molecule has 0 amide bonds. The molecule has 14 heavy (non-hydrogen) atoms. The molecule has 0 aromatic carbocycles. The first-order valence-electron chi connectivity index (χ1n) is 6.04. The molecule has 0 radical (unpaired) electrons. The maximum Gasteiger partial charge on any atom is 0.157 e. The monoisotopic (exact) mass is 198 g/mol. The second kappa shape index (κ2) is 4.19. The molecule has 1 heterocycles. The average molecular weight is 198 g/mol. The topological polar surface area (TPSA) is 18.5 Å². The first kappa shape index (κ1) is 10.4. The quantitative estimate of drug-likeness (QED) is 0.691. The predicted octanol–water partition coefficient (Wildman–Crippen LogP) is 3.11. The smallest absolute Gasteiger partial charge is 0.157 e. The summed E-state index contributed by atoms with van der Waals surface area (Å²) in [4.78, 5) is 0. The predicted molar refractivity (Wildman–Crippen MR) is 56.1 cm³/mol. The van der Waals surface area contributed by atoms with E-state index >= 15 is 0 Å². The van der Waals surface area contributed by atoms with Gasteiger partial charge in [0.1, 0.15) is 0 Å². The van der Waals surface area contributed by atoms with Crippen molar-refractivity contribution < 1.29 is 9.47 Å². The fourth-order valence-corrected chi connectivity index (χ4v) is 2.40. The van der Waals surface area contributed by atoms with E-state index in [2.05, 4.69) is 13.8 Å². The lowest BCUT2D eigenvalue weighted by Crippen LogP contribution is -2.31. The molecule has 2 atom stereocenters. The summed E-state index contributed by atoms with van der Waals surface area (Å²) in [6.07, 6.45) is 7.96. The molecule has 1 saturated carbocycles. The minimum Gasteiger partial charge on any atom is -0.353 e. The summed E-state index contributed by atoms with van der Waals surface area (Å²) in [5.41, 5.74) is 0.501. The molecule has 0 spiro atoms. The fourth-order valence-electron chi connectivity index (χ4n) is 2.40. The maximum absolute atomic E-state index is 5.99. The van der Waals surface area contributed by atoms with Gasteiger partial charge in [-0.15, -0.1) is 0 Å². The highest BCUT2D eigenvalue weighted by Crippen LogP contribution is 2.52. The van der Waals surface area contributed by atoms with Crippen molar-refractivity contribution in [3.8, 4) is 0 Å². The van der Waals surface area contributed by atoms with Gasteiger partial charge in [-0.3, -0.25) is 0 Å². The Labute approximate surface area is 87.0 Å². The van der Waals surface area contributed by atoms with Crippen LogP contribution >= 0.6 is 0 Å². The van der Waals surface area contributed by atoms with Gasteiger partial charge < -0.3 is 9.47 Å². The Balaban J connectivity index is 1.78. The molecule has 2 rings (SSSR count). The van der Waals surface area contributed by atoms with Crippen LogP contribution in [-0.2, 0) is 9.47 Å². The van der Waals surface area contributed by atoms with Gasteiger partial charge in [-0.2, -0.15) is 0 Å². The van der Waals surface area contributed by atoms with Crippen LogP contribution in [0.3, 0.4) is 0 Å². The lowest BCUT2D eigenvalue weighted by molar-refractivity contribution is -0.197. The summed E-state index contributed by atoms with van der Waals surface area (Å²) in [5, 5.41) is 0. The summed E-state index contributed by atoms with van der Waals surface area (Å²) in [6, 6.07) is 0. The molecule has 0 bridgehead atoms. The van der Waals surface area contributed by atoms with E-state index in [-0.39, 0.29) is 6.29 Å². The Morgan fingerprint density at radius 1 is 1.43 bits per heavy atom. The third-order valence-electron chi connectivity index (χ3n) is 3.95. The molecule has 0 N–H and O–H groups in total. The van der Waals surface area contributed by atoms with Gasteiger partial charge in [0, 0.05) is 6.61 Å². The van der Waals surface area contributed by atoms with Gasteiger partial charge in [0.25, 0.3) is 0 Å². The highest BCUT2D eigenvalue weighted by atomic mass is 16.7. The van der Waals surface area contributed by atoms with Crippen LogP contribution in [0, 0.1) is 5.41 Å². The van der Waals surface area contributed by atoms with Crippen LogP contribution in [0.1, 0.15) is 52.4 Å². The molecule has 2 nitrogen and oxygen atoms in total. The van der Waals surface area contributed by atoms with E-state index in [1.165, 1.54) is 32.1 Å². The van der Waals surface area contributed by atoms with Crippen molar-refractivity contribution in [2.24, 2.45) is 5.41 Å². The maximum atomic E-state index is 5.99. The first-order valence-corrected chi connectivity index (χ1v) is 6.04. The number of hydrogen-bond donors (Lipinski definition) is 0. The molecule has 1 unspecified atom stereocenters. The molecule has 1 saturated heterocycles. The lowest BCUT2D eigenvalue weighted by Gasteiger charge is -2.30. The van der Waals surface area contributed by atoms with E-state index in [9.17, 15) is 0 Å². The summed E-state index contributed by atoms with van der Waals surface area (Å²) in [6.45, 7) is 5.37. The molecule has 0 aromatic heterocycles. The minimum atomic E-state index is 0.0859. The number of ether oxygens (including phenoxy) is 2. The van der Waals surface area contributed by atoms with Crippen LogP contribution in [0.15, 0.2) is 0 Å². The highest BCUT2D eigenvalue weighted by Gasteiger charge is 2.47. The molecule has 2 heteroatoms. The average Bonchev–Trinajstić information content (AvgIpc) is 3.00. The van der Waals surface area contributed by atoms with E-state index in [0.717, 1.165) is 13.0 Å². The van der Waals surface area contributed by atoms with Crippen molar-refractivity contribution in [1.82, 2.24) is 0 Å². The van der Waals surface area contributed by atoms with Gasteiger partial charge in [0.05, 0.1) is 6.10 Å². The molecule has 82 valence electrons. The van der Waals surface area contributed by atoms with Crippen LogP contribution in [0.2, 0.25) is 0 Å². The van der Waals surface area contributed by atoms with Crippen LogP contribution in [0.5, 0.6) is 0 Å². The van der Waals surface area contributed by atoms with Gasteiger partial charge in [0.2, 0.25) is 0 Å². The normalized spacial score (nSPS) is 32.6. The Morgan fingerprint density at radius 3 is 2.71 bits per heavy atom. The zero-order chi connectivity index (χ0) is 10.0. The van der Waals surface area contributed by atoms with Gasteiger partial charge in [-0.1, -0.05) is 6.92 Å². The molecular weight excluding hydrogens is 176 g/mol. The summed E-state index contributed by atoms with van der Waals surface area (Å²) >= 11 is 0. The van der Waals surface area contributed by atoms with Crippen molar-refractivity contribution in [2.45, 2.75) is 64.8 Å². The van der Waals surface area contributed by atoms with Crippen LogP contribution < -0.4 is 0 Å². The van der Waals surface area contributed by atoms with E-state index < -0.39 is 0 Å². The van der Waals surface area contributed by atoms with E-state index in [0.29, 0.717) is 11.5 Å². The van der Waals surface area contributed by atoms with Crippen molar-refractivity contribution in [3.05, 3.63) is 0 Å². The number of rotatable bonds is 4. The summed E-state index contributed by atoms with van der Waals surface area (Å²) in [5.74, 6) is 0. The van der Waals surface area contributed by atoms with E-state index in [1.54, 1.807) is 0 Å². The SMILES string of the molecule is CCC1([C@@H](C)OC2CCCCO2)CC1. The third-order valence-corrected chi connectivity index (χ3v) is 3.95. The van der Waals surface area contributed by atoms with Crippen molar-refractivity contribution in [2.75, 3.05) is 6.61 Å². The Kier molecular flexibility index (Phi) is 3.13. The van der Waals surface area contributed by atoms with Crippen LogP contribution in [0.25, 0.3) is 0 Å². The number of hydrogen-bond acceptors (Lipinski definition) is 2. The van der Waals surface area contributed by atoms with E-state index in [1.807, 2.05) is 0 Å². The van der Waals surface area contributed by atoms with Crippen LogP contribution in [-0.4, -0.2) is 19.0 Å². The van der Waals surface area contributed by atoms with Gasteiger partial charge in [0.15, 0.2) is 6.29 Å². The second-order valence-corrected chi connectivity index (χ2v) is 4.79. The van der Waals surface area contributed by atoms with Gasteiger partial charge in [-0.05, 0) is 50.9 Å². The molecule has 2 fully saturated rings. The lowest BCUT2D eigenvalue weighted by atomic mass is 9.97. The molecule has 1 aliphatic heterocycles. The molecule has 2 aliphatic rings. The Bertz CT molecular complexity index is 181.